The van der Waals surface area contributed by atoms with Gasteiger partial charge in [-0.1, -0.05) is 30.7 Å². The Labute approximate surface area is 153 Å². The standard InChI is InChI=1S/C20H23F2NO2S/c1-13(2)26(24,25)23-20-5-3-4-19(20)15-8-6-14(7-9-15)16-10-17(21)12-18(22)11-16/h6-13,19-20,23H,3-5H2,1-2H3. The van der Waals surface area contributed by atoms with Crippen LogP contribution in [0.3, 0.4) is 0 Å². The number of sulfonamides is 1. The molecule has 0 bridgehead atoms. The molecule has 0 heterocycles. The molecule has 0 amide bonds. The zero-order valence-corrected chi connectivity index (χ0v) is 15.7. The van der Waals surface area contributed by atoms with Crippen molar-refractivity contribution in [3.8, 4) is 11.1 Å². The number of benzene rings is 2. The van der Waals surface area contributed by atoms with Crippen LogP contribution in [0.15, 0.2) is 42.5 Å². The molecule has 0 aromatic heterocycles. The molecule has 1 fully saturated rings. The molecule has 3 rings (SSSR count). The Balaban J connectivity index is 1.81. The first-order valence-corrected chi connectivity index (χ1v) is 10.4. The minimum absolute atomic E-state index is 0.111. The van der Waals surface area contributed by atoms with E-state index >= 15 is 0 Å². The fourth-order valence-electron chi connectivity index (χ4n) is 3.49. The van der Waals surface area contributed by atoms with E-state index < -0.39 is 26.9 Å². The second-order valence-corrected chi connectivity index (χ2v) is 9.40. The monoisotopic (exact) mass is 379 g/mol. The smallest absolute Gasteiger partial charge is 0.212 e. The van der Waals surface area contributed by atoms with Crippen LogP contribution in [0.5, 0.6) is 0 Å². The summed E-state index contributed by atoms with van der Waals surface area (Å²) in [4.78, 5) is 0. The van der Waals surface area contributed by atoms with Crippen molar-refractivity contribution in [2.75, 3.05) is 0 Å². The quantitative estimate of drug-likeness (QED) is 0.826. The van der Waals surface area contributed by atoms with Gasteiger partial charge < -0.3 is 0 Å². The molecular formula is C20H23F2NO2S. The van der Waals surface area contributed by atoms with E-state index in [1.807, 2.05) is 24.3 Å². The summed E-state index contributed by atoms with van der Waals surface area (Å²) in [5.41, 5.74) is 2.25. The fraction of sp³-hybridized carbons (Fsp3) is 0.400. The van der Waals surface area contributed by atoms with Gasteiger partial charge in [0.05, 0.1) is 5.25 Å². The summed E-state index contributed by atoms with van der Waals surface area (Å²) in [5.74, 6) is -1.10. The lowest BCUT2D eigenvalue weighted by Crippen LogP contribution is -2.40. The summed E-state index contributed by atoms with van der Waals surface area (Å²) < 4.78 is 54.0. The molecule has 140 valence electrons. The highest BCUT2D eigenvalue weighted by Gasteiger charge is 2.32. The van der Waals surface area contributed by atoms with Gasteiger partial charge >= 0.3 is 0 Å². The number of nitrogens with one attached hydrogen (secondary N) is 1. The average Bonchev–Trinajstić information content (AvgIpc) is 3.01. The van der Waals surface area contributed by atoms with E-state index in [1.165, 1.54) is 12.1 Å². The molecule has 2 aromatic carbocycles. The van der Waals surface area contributed by atoms with E-state index in [1.54, 1.807) is 13.8 Å². The molecule has 2 aromatic rings. The third-order valence-electron chi connectivity index (χ3n) is 4.99. The van der Waals surface area contributed by atoms with Crippen LogP contribution in [0.25, 0.3) is 11.1 Å². The van der Waals surface area contributed by atoms with Gasteiger partial charge in [-0.15, -0.1) is 0 Å². The topological polar surface area (TPSA) is 46.2 Å². The van der Waals surface area contributed by atoms with Crippen LogP contribution < -0.4 is 4.72 Å². The van der Waals surface area contributed by atoms with E-state index in [4.69, 9.17) is 0 Å². The van der Waals surface area contributed by atoms with Crippen LogP contribution in [0.1, 0.15) is 44.6 Å². The second-order valence-electron chi connectivity index (χ2n) is 7.14. The van der Waals surface area contributed by atoms with Crippen LogP contribution in [0, 0.1) is 11.6 Å². The van der Waals surface area contributed by atoms with Crippen LogP contribution in [-0.2, 0) is 10.0 Å². The van der Waals surface area contributed by atoms with Gasteiger partial charge in [0.1, 0.15) is 11.6 Å². The van der Waals surface area contributed by atoms with Crippen molar-refractivity contribution in [2.45, 2.75) is 50.3 Å². The Morgan fingerprint density at radius 1 is 0.962 bits per heavy atom. The molecular weight excluding hydrogens is 356 g/mol. The predicted octanol–water partition coefficient (Wildman–Crippen LogP) is 4.60. The molecule has 1 aliphatic carbocycles. The Kier molecular flexibility index (Phi) is 5.44. The summed E-state index contributed by atoms with van der Waals surface area (Å²) in [6.45, 7) is 3.33. The van der Waals surface area contributed by atoms with Crippen LogP contribution in [0.2, 0.25) is 0 Å². The lowest BCUT2D eigenvalue weighted by atomic mass is 9.93. The number of hydrogen-bond acceptors (Lipinski definition) is 2. The molecule has 2 atom stereocenters. The molecule has 0 saturated heterocycles. The third kappa shape index (κ3) is 4.13. The summed E-state index contributed by atoms with van der Waals surface area (Å²) in [6, 6.07) is 10.8. The number of rotatable bonds is 5. The SMILES string of the molecule is CC(C)S(=O)(=O)NC1CCCC1c1ccc(-c2cc(F)cc(F)c2)cc1. The van der Waals surface area contributed by atoms with Crippen LogP contribution in [-0.4, -0.2) is 19.7 Å². The highest BCUT2D eigenvalue weighted by atomic mass is 32.2. The minimum atomic E-state index is -3.32. The van der Waals surface area contributed by atoms with Gasteiger partial charge in [-0.05, 0) is 55.5 Å². The molecule has 1 N–H and O–H groups in total. The van der Waals surface area contributed by atoms with Gasteiger partial charge in [0.2, 0.25) is 10.0 Å². The van der Waals surface area contributed by atoms with Crippen molar-refractivity contribution in [3.05, 3.63) is 59.7 Å². The molecule has 0 aliphatic heterocycles. The van der Waals surface area contributed by atoms with Gasteiger partial charge in [-0.25, -0.2) is 21.9 Å². The van der Waals surface area contributed by atoms with Gasteiger partial charge in [0.25, 0.3) is 0 Å². The average molecular weight is 379 g/mol. The van der Waals surface area contributed by atoms with Crippen molar-refractivity contribution >= 4 is 10.0 Å². The molecule has 0 radical (unpaired) electrons. The number of hydrogen-bond donors (Lipinski definition) is 1. The Morgan fingerprint density at radius 2 is 1.58 bits per heavy atom. The molecule has 3 nitrogen and oxygen atoms in total. The molecule has 1 saturated carbocycles. The Hall–Kier alpha value is -1.79. The maximum atomic E-state index is 13.4. The molecule has 26 heavy (non-hydrogen) atoms. The summed E-state index contributed by atoms with van der Waals surface area (Å²) >= 11 is 0. The highest BCUT2D eigenvalue weighted by molar-refractivity contribution is 7.90. The van der Waals surface area contributed by atoms with E-state index in [0.717, 1.165) is 36.5 Å². The largest absolute Gasteiger partial charge is 0.214 e. The van der Waals surface area contributed by atoms with Gasteiger partial charge in [0.15, 0.2) is 0 Å². The zero-order chi connectivity index (χ0) is 18.9. The second kappa shape index (κ2) is 7.45. The maximum absolute atomic E-state index is 13.4. The fourth-order valence-corrected chi connectivity index (χ4v) is 4.47. The maximum Gasteiger partial charge on any atom is 0.214 e. The molecule has 1 aliphatic rings. The van der Waals surface area contributed by atoms with Crippen molar-refractivity contribution in [3.63, 3.8) is 0 Å². The van der Waals surface area contributed by atoms with Crippen molar-refractivity contribution in [1.82, 2.24) is 4.72 Å². The first-order chi connectivity index (χ1) is 12.3. The van der Waals surface area contributed by atoms with E-state index in [2.05, 4.69) is 4.72 Å². The van der Waals surface area contributed by atoms with Crippen LogP contribution >= 0.6 is 0 Å². The number of halogens is 2. The first-order valence-electron chi connectivity index (χ1n) is 8.84. The minimum Gasteiger partial charge on any atom is -0.212 e. The lowest BCUT2D eigenvalue weighted by molar-refractivity contribution is 0.519. The normalized spacial score (nSPS) is 20.7. The van der Waals surface area contributed by atoms with Gasteiger partial charge in [-0.2, -0.15) is 0 Å². The summed E-state index contributed by atoms with van der Waals surface area (Å²) in [7, 11) is -3.32. The summed E-state index contributed by atoms with van der Waals surface area (Å²) in [5, 5.41) is -0.464. The van der Waals surface area contributed by atoms with E-state index in [-0.39, 0.29) is 12.0 Å². The Bertz CT molecular complexity index is 859. The predicted molar refractivity (Wildman–Crippen MR) is 99.4 cm³/mol. The Morgan fingerprint density at radius 3 is 2.15 bits per heavy atom. The van der Waals surface area contributed by atoms with Crippen LogP contribution in [0.4, 0.5) is 8.78 Å². The van der Waals surface area contributed by atoms with Crippen molar-refractivity contribution in [1.29, 1.82) is 0 Å². The van der Waals surface area contributed by atoms with E-state index in [0.29, 0.717) is 5.56 Å². The third-order valence-corrected chi connectivity index (χ3v) is 6.86. The lowest BCUT2D eigenvalue weighted by Gasteiger charge is -2.23. The van der Waals surface area contributed by atoms with Crippen molar-refractivity contribution in [2.24, 2.45) is 0 Å². The first kappa shape index (κ1) is 19.0. The summed E-state index contributed by atoms with van der Waals surface area (Å²) in [6.07, 6.45) is 2.69. The molecule has 6 heteroatoms. The highest BCUT2D eigenvalue weighted by Crippen LogP contribution is 2.36. The van der Waals surface area contributed by atoms with Gasteiger partial charge in [0, 0.05) is 18.0 Å². The van der Waals surface area contributed by atoms with Gasteiger partial charge in [-0.3, -0.25) is 0 Å². The van der Waals surface area contributed by atoms with E-state index in [9.17, 15) is 17.2 Å². The zero-order valence-electron chi connectivity index (χ0n) is 14.9. The molecule has 0 spiro atoms. The molecule has 2 unspecified atom stereocenters. The van der Waals surface area contributed by atoms with Crippen molar-refractivity contribution < 1.29 is 17.2 Å².